The fourth-order valence-corrected chi connectivity index (χ4v) is 3.37. The van der Waals surface area contributed by atoms with Crippen LogP contribution in [0.5, 0.6) is 0 Å². The molecule has 0 saturated heterocycles. The van der Waals surface area contributed by atoms with Gasteiger partial charge in [-0.1, -0.05) is 6.42 Å². The molecular weight excluding hydrogens is 200 g/mol. The third-order valence-corrected chi connectivity index (χ3v) is 4.20. The van der Waals surface area contributed by atoms with Crippen LogP contribution in [0.4, 0.5) is 0 Å². The van der Waals surface area contributed by atoms with E-state index in [1.165, 1.54) is 19.3 Å². The molecule has 4 atom stereocenters. The number of amides is 1. The van der Waals surface area contributed by atoms with Gasteiger partial charge in [0.2, 0.25) is 5.91 Å². The van der Waals surface area contributed by atoms with Gasteiger partial charge in [0.05, 0.1) is 12.0 Å². The molecule has 0 radical (unpaired) electrons. The predicted octanol–water partition coefficient (Wildman–Crippen LogP) is 2.04. The number of rotatable bonds is 3. The summed E-state index contributed by atoms with van der Waals surface area (Å²) in [7, 11) is 1.84. The first-order valence-electron chi connectivity index (χ1n) is 6.26. The van der Waals surface area contributed by atoms with Gasteiger partial charge in [-0.3, -0.25) is 4.79 Å². The molecule has 2 rings (SSSR count). The van der Waals surface area contributed by atoms with Crippen molar-refractivity contribution in [2.45, 2.75) is 32.6 Å². The molecule has 2 aliphatic rings. The van der Waals surface area contributed by atoms with Crippen molar-refractivity contribution in [3.8, 4) is 6.07 Å². The van der Waals surface area contributed by atoms with E-state index in [1.54, 1.807) is 4.90 Å². The Bertz CT molecular complexity index is 320. The molecule has 88 valence electrons. The summed E-state index contributed by atoms with van der Waals surface area (Å²) in [6.07, 6.45) is 4.92. The highest BCUT2D eigenvalue weighted by atomic mass is 16.2. The van der Waals surface area contributed by atoms with Crippen LogP contribution in [-0.4, -0.2) is 24.4 Å². The lowest BCUT2D eigenvalue weighted by Crippen LogP contribution is -2.37. The zero-order chi connectivity index (χ0) is 11.7. The van der Waals surface area contributed by atoms with E-state index in [-0.39, 0.29) is 17.7 Å². The largest absolute Gasteiger partial charge is 0.344 e. The molecule has 0 aromatic heterocycles. The molecular formula is C13H20N2O. The maximum atomic E-state index is 12.2. The van der Waals surface area contributed by atoms with E-state index in [1.807, 2.05) is 14.0 Å². The van der Waals surface area contributed by atoms with Crippen LogP contribution in [0.1, 0.15) is 32.6 Å². The van der Waals surface area contributed by atoms with Gasteiger partial charge in [-0.25, -0.2) is 0 Å². The maximum absolute atomic E-state index is 12.2. The van der Waals surface area contributed by atoms with E-state index < -0.39 is 0 Å². The molecule has 0 aromatic rings. The van der Waals surface area contributed by atoms with Crippen molar-refractivity contribution in [2.24, 2.45) is 23.7 Å². The van der Waals surface area contributed by atoms with E-state index in [0.717, 1.165) is 12.3 Å². The number of fused-ring (bicyclic) bond motifs is 2. The number of carbonyl (C=O) groups is 1. The topological polar surface area (TPSA) is 44.1 Å². The van der Waals surface area contributed by atoms with Crippen molar-refractivity contribution >= 4 is 5.91 Å². The van der Waals surface area contributed by atoms with Crippen molar-refractivity contribution < 1.29 is 4.79 Å². The molecule has 0 aromatic carbocycles. The summed E-state index contributed by atoms with van der Waals surface area (Å²) in [5.74, 6) is 1.91. The van der Waals surface area contributed by atoms with E-state index in [9.17, 15) is 4.79 Å². The van der Waals surface area contributed by atoms with Crippen molar-refractivity contribution in [1.82, 2.24) is 4.90 Å². The first-order valence-corrected chi connectivity index (χ1v) is 6.26. The van der Waals surface area contributed by atoms with Crippen LogP contribution in [0.3, 0.4) is 0 Å². The molecule has 2 fully saturated rings. The molecule has 16 heavy (non-hydrogen) atoms. The highest BCUT2D eigenvalue weighted by Gasteiger charge is 2.43. The first-order chi connectivity index (χ1) is 7.61. The van der Waals surface area contributed by atoms with E-state index in [0.29, 0.717) is 12.5 Å². The Hall–Kier alpha value is -1.04. The van der Waals surface area contributed by atoms with Gasteiger partial charge in [0.15, 0.2) is 0 Å². The molecule has 4 unspecified atom stereocenters. The van der Waals surface area contributed by atoms with Crippen molar-refractivity contribution in [2.75, 3.05) is 13.6 Å². The molecule has 0 heterocycles. The summed E-state index contributed by atoms with van der Waals surface area (Å²) in [6.45, 7) is 2.44. The van der Waals surface area contributed by atoms with Gasteiger partial charge in [-0.15, -0.1) is 0 Å². The number of carbonyl (C=O) groups excluding carboxylic acids is 1. The summed E-state index contributed by atoms with van der Waals surface area (Å²) in [6, 6.07) is 2.18. The minimum Gasteiger partial charge on any atom is -0.344 e. The fourth-order valence-electron chi connectivity index (χ4n) is 3.37. The molecule has 3 heteroatoms. The molecule has 0 aliphatic heterocycles. The SMILES string of the molecule is CC(C#N)CN(C)C(=O)C1CC2CCC1C2. The maximum Gasteiger partial charge on any atom is 0.225 e. The van der Waals surface area contributed by atoms with Gasteiger partial charge in [-0.2, -0.15) is 5.26 Å². The summed E-state index contributed by atoms with van der Waals surface area (Å²) in [5.41, 5.74) is 0. The van der Waals surface area contributed by atoms with Crippen LogP contribution < -0.4 is 0 Å². The summed E-state index contributed by atoms with van der Waals surface area (Å²) >= 11 is 0. The molecule has 2 aliphatic carbocycles. The zero-order valence-corrected chi connectivity index (χ0v) is 10.1. The highest BCUT2D eigenvalue weighted by molar-refractivity contribution is 5.79. The molecule has 2 bridgehead atoms. The van der Waals surface area contributed by atoms with Gasteiger partial charge in [0.25, 0.3) is 0 Å². The number of hydrogen-bond acceptors (Lipinski definition) is 2. The van der Waals surface area contributed by atoms with Crippen molar-refractivity contribution in [3.05, 3.63) is 0 Å². The first kappa shape index (κ1) is 11.4. The van der Waals surface area contributed by atoms with Crippen LogP contribution in [-0.2, 0) is 4.79 Å². The Kier molecular flexibility index (Phi) is 3.18. The smallest absolute Gasteiger partial charge is 0.225 e. The number of nitrogens with zero attached hydrogens (tertiary/aromatic N) is 2. The van der Waals surface area contributed by atoms with Crippen LogP contribution in [0.25, 0.3) is 0 Å². The van der Waals surface area contributed by atoms with Crippen LogP contribution in [0.2, 0.25) is 0 Å². The Morgan fingerprint density at radius 1 is 1.50 bits per heavy atom. The highest BCUT2D eigenvalue weighted by Crippen LogP contribution is 2.48. The van der Waals surface area contributed by atoms with Crippen LogP contribution >= 0.6 is 0 Å². The van der Waals surface area contributed by atoms with Crippen molar-refractivity contribution in [1.29, 1.82) is 5.26 Å². The molecule has 1 amide bonds. The average molecular weight is 220 g/mol. The lowest BCUT2D eigenvalue weighted by Gasteiger charge is -2.27. The second kappa shape index (κ2) is 4.45. The van der Waals surface area contributed by atoms with Crippen LogP contribution in [0, 0.1) is 35.0 Å². The Morgan fingerprint density at radius 2 is 2.25 bits per heavy atom. The fraction of sp³-hybridized carbons (Fsp3) is 0.846. The minimum absolute atomic E-state index is 0.0625. The predicted molar refractivity (Wildman–Crippen MR) is 61.4 cm³/mol. The molecule has 3 nitrogen and oxygen atoms in total. The monoisotopic (exact) mass is 220 g/mol. The van der Waals surface area contributed by atoms with Crippen LogP contribution in [0.15, 0.2) is 0 Å². The van der Waals surface area contributed by atoms with Gasteiger partial charge < -0.3 is 4.90 Å². The molecule has 2 saturated carbocycles. The summed E-state index contributed by atoms with van der Waals surface area (Å²) in [5, 5.41) is 8.75. The number of nitriles is 1. The van der Waals surface area contributed by atoms with E-state index >= 15 is 0 Å². The lowest BCUT2D eigenvalue weighted by molar-refractivity contribution is -0.136. The second-order valence-electron chi connectivity index (χ2n) is 5.53. The zero-order valence-electron chi connectivity index (χ0n) is 10.1. The summed E-state index contributed by atoms with van der Waals surface area (Å²) in [4.78, 5) is 14.0. The van der Waals surface area contributed by atoms with Gasteiger partial charge >= 0.3 is 0 Å². The molecule has 0 N–H and O–H groups in total. The standard InChI is InChI=1S/C13H20N2O/c1-9(7-14)8-15(2)13(16)12-6-10-3-4-11(12)5-10/h9-12H,3-6,8H2,1-2H3. The van der Waals surface area contributed by atoms with Gasteiger partial charge in [-0.05, 0) is 38.0 Å². The van der Waals surface area contributed by atoms with Gasteiger partial charge in [0.1, 0.15) is 0 Å². The average Bonchev–Trinajstić information content (AvgIpc) is 2.89. The third kappa shape index (κ3) is 2.07. The summed E-state index contributed by atoms with van der Waals surface area (Å²) < 4.78 is 0. The van der Waals surface area contributed by atoms with Gasteiger partial charge in [0, 0.05) is 19.5 Å². The van der Waals surface area contributed by atoms with E-state index in [2.05, 4.69) is 6.07 Å². The number of hydrogen-bond donors (Lipinski definition) is 0. The Balaban J connectivity index is 1.90. The quantitative estimate of drug-likeness (QED) is 0.730. The molecule has 0 spiro atoms. The lowest BCUT2D eigenvalue weighted by atomic mass is 9.87. The third-order valence-electron chi connectivity index (χ3n) is 4.20. The normalized spacial score (nSPS) is 33.4. The second-order valence-corrected chi connectivity index (χ2v) is 5.53. The Labute approximate surface area is 97.4 Å². The van der Waals surface area contributed by atoms with E-state index in [4.69, 9.17) is 5.26 Å². The Morgan fingerprint density at radius 3 is 2.75 bits per heavy atom. The minimum atomic E-state index is -0.0625. The van der Waals surface area contributed by atoms with Crippen molar-refractivity contribution in [3.63, 3.8) is 0 Å².